The first-order valence-electron chi connectivity index (χ1n) is 3.93. The van der Waals surface area contributed by atoms with Crippen molar-refractivity contribution >= 4 is 5.91 Å². The van der Waals surface area contributed by atoms with Gasteiger partial charge in [-0.3, -0.25) is 4.79 Å². The minimum Gasteiger partial charge on any atom is -0.508 e. The van der Waals surface area contributed by atoms with Crippen LogP contribution >= 0.6 is 0 Å². The van der Waals surface area contributed by atoms with Gasteiger partial charge in [-0.2, -0.15) is 0 Å². The smallest absolute Gasteiger partial charge is 0.251 e. The predicted molar refractivity (Wildman–Crippen MR) is 49.4 cm³/mol. The van der Waals surface area contributed by atoms with E-state index in [1.165, 1.54) is 12.1 Å². The Morgan fingerprint density at radius 3 is 2.85 bits per heavy atom. The molecule has 4 heteroatoms. The van der Waals surface area contributed by atoms with E-state index in [4.69, 9.17) is 10.8 Å². The average molecular weight is 180 g/mol. The van der Waals surface area contributed by atoms with Crippen molar-refractivity contribution in [3.8, 4) is 5.75 Å². The van der Waals surface area contributed by atoms with Crippen molar-refractivity contribution in [3.63, 3.8) is 0 Å². The van der Waals surface area contributed by atoms with Crippen LogP contribution < -0.4 is 11.1 Å². The van der Waals surface area contributed by atoms with Crippen molar-refractivity contribution in [1.29, 1.82) is 0 Å². The van der Waals surface area contributed by atoms with Gasteiger partial charge in [0.25, 0.3) is 5.91 Å². The number of carbonyl (C=O) groups is 1. The molecule has 4 N–H and O–H groups in total. The number of phenols is 1. The molecule has 0 aliphatic heterocycles. The van der Waals surface area contributed by atoms with E-state index in [1.54, 1.807) is 13.1 Å². The van der Waals surface area contributed by atoms with Crippen molar-refractivity contribution in [1.82, 2.24) is 5.32 Å². The highest BCUT2D eigenvalue weighted by atomic mass is 16.3. The predicted octanol–water partition coefficient (Wildman–Crippen LogP) is 0.211. The summed E-state index contributed by atoms with van der Waals surface area (Å²) in [6.07, 6.45) is 0. The van der Waals surface area contributed by atoms with Crippen molar-refractivity contribution in [2.75, 3.05) is 7.05 Å². The molecule has 1 aromatic rings. The lowest BCUT2D eigenvalue weighted by Gasteiger charge is -2.06. The summed E-state index contributed by atoms with van der Waals surface area (Å²) in [5.41, 5.74) is 6.56. The summed E-state index contributed by atoms with van der Waals surface area (Å²) in [5, 5.41) is 11.6. The van der Waals surface area contributed by atoms with Crippen LogP contribution in [-0.4, -0.2) is 18.1 Å². The largest absolute Gasteiger partial charge is 0.508 e. The van der Waals surface area contributed by atoms with Gasteiger partial charge in [0.05, 0.1) is 0 Å². The summed E-state index contributed by atoms with van der Waals surface area (Å²) in [4.78, 5) is 11.3. The Hall–Kier alpha value is -1.55. The van der Waals surface area contributed by atoms with Crippen LogP contribution in [0.15, 0.2) is 18.2 Å². The third kappa shape index (κ3) is 1.97. The minimum absolute atomic E-state index is 0.119. The van der Waals surface area contributed by atoms with Crippen molar-refractivity contribution in [2.45, 2.75) is 6.54 Å². The summed E-state index contributed by atoms with van der Waals surface area (Å²) >= 11 is 0. The molecule has 1 amide bonds. The molecular weight excluding hydrogens is 168 g/mol. The molecule has 0 aliphatic carbocycles. The Labute approximate surface area is 76.4 Å². The van der Waals surface area contributed by atoms with E-state index < -0.39 is 0 Å². The standard InChI is InChI=1S/C9H12N2O2/c1-11-9(13)8-3-2-7(12)4-6(8)5-10/h2-4,12H,5,10H2,1H3,(H,11,13). The maximum Gasteiger partial charge on any atom is 0.251 e. The van der Waals surface area contributed by atoms with Gasteiger partial charge in [-0.15, -0.1) is 0 Å². The number of phenolic OH excluding ortho intramolecular Hbond substituents is 1. The fourth-order valence-electron chi connectivity index (χ4n) is 1.11. The summed E-state index contributed by atoms with van der Waals surface area (Å²) < 4.78 is 0. The van der Waals surface area contributed by atoms with Crippen LogP contribution in [0.2, 0.25) is 0 Å². The molecule has 0 fully saturated rings. The number of nitrogens with one attached hydrogen (secondary N) is 1. The highest BCUT2D eigenvalue weighted by Gasteiger charge is 2.08. The van der Waals surface area contributed by atoms with Gasteiger partial charge >= 0.3 is 0 Å². The first-order chi connectivity index (χ1) is 6.19. The van der Waals surface area contributed by atoms with Gasteiger partial charge in [-0.05, 0) is 23.8 Å². The fourth-order valence-corrected chi connectivity index (χ4v) is 1.11. The van der Waals surface area contributed by atoms with Crippen molar-refractivity contribution in [2.24, 2.45) is 5.73 Å². The van der Waals surface area contributed by atoms with Gasteiger partial charge in [0, 0.05) is 19.2 Å². The number of amides is 1. The first kappa shape index (κ1) is 9.54. The summed E-state index contributed by atoms with van der Waals surface area (Å²) in [6, 6.07) is 4.50. The van der Waals surface area contributed by atoms with E-state index in [-0.39, 0.29) is 18.2 Å². The van der Waals surface area contributed by atoms with Gasteiger partial charge in [0.1, 0.15) is 5.75 Å². The lowest BCUT2D eigenvalue weighted by atomic mass is 10.1. The van der Waals surface area contributed by atoms with Gasteiger partial charge in [-0.1, -0.05) is 0 Å². The van der Waals surface area contributed by atoms with E-state index in [0.29, 0.717) is 11.1 Å². The van der Waals surface area contributed by atoms with Gasteiger partial charge in [0.15, 0.2) is 0 Å². The lowest BCUT2D eigenvalue weighted by molar-refractivity contribution is 0.0962. The molecule has 0 unspecified atom stereocenters. The SMILES string of the molecule is CNC(=O)c1ccc(O)cc1CN. The number of benzene rings is 1. The van der Waals surface area contributed by atoms with Crippen LogP contribution in [0.5, 0.6) is 5.75 Å². The molecule has 13 heavy (non-hydrogen) atoms. The zero-order valence-electron chi connectivity index (χ0n) is 7.37. The molecule has 0 saturated carbocycles. The maximum absolute atomic E-state index is 11.3. The number of aromatic hydroxyl groups is 1. The molecule has 0 atom stereocenters. The molecule has 0 radical (unpaired) electrons. The summed E-state index contributed by atoms with van der Waals surface area (Å²) in [6.45, 7) is 0.233. The number of hydrogen-bond acceptors (Lipinski definition) is 3. The average Bonchev–Trinajstić information content (AvgIpc) is 2.16. The highest BCUT2D eigenvalue weighted by Crippen LogP contribution is 2.15. The molecular formula is C9H12N2O2. The normalized spacial score (nSPS) is 9.69. The molecule has 0 spiro atoms. The van der Waals surface area contributed by atoms with E-state index in [1.807, 2.05) is 0 Å². The molecule has 1 rings (SSSR count). The maximum atomic E-state index is 11.3. The third-order valence-electron chi connectivity index (χ3n) is 1.78. The van der Waals surface area contributed by atoms with Crippen LogP contribution in [0.25, 0.3) is 0 Å². The van der Waals surface area contributed by atoms with Gasteiger partial charge < -0.3 is 16.2 Å². The Morgan fingerprint density at radius 2 is 2.31 bits per heavy atom. The van der Waals surface area contributed by atoms with Crippen LogP contribution in [0.4, 0.5) is 0 Å². The summed E-state index contributed by atoms with van der Waals surface area (Å²) in [5.74, 6) is -0.0754. The van der Waals surface area contributed by atoms with Crippen LogP contribution in [0, 0.1) is 0 Å². The molecule has 0 heterocycles. The second-order valence-corrected chi connectivity index (χ2v) is 2.62. The lowest BCUT2D eigenvalue weighted by Crippen LogP contribution is -2.20. The number of rotatable bonds is 2. The van der Waals surface area contributed by atoms with Crippen molar-refractivity contribution in [3.05, 3.63) is 29.3 Å². The highest BCUT2D eigenvalue weighted by molar-refractivity contribution is 5.95. The van der Waals surface area contributed by atoms with Crippen molar-refractivity contribution < 1.29 is 9.90 Å². The number of nitrogens with two attached hydrogens (primary N) is 1. The Bertz CT molecular complexity index is 323. The zero-order valence-corrected chi connectivity index (χ0v) is 7.37. The van der Waals surface area contributed by atoms with Gasteiger partial charge in [-0.25, -0.2) is 0 Å². The van der Waals surface area contributed by atoms with Crippen LogP contribution in [-0.2, 0) is 6.54 Å². The first-order valence-corrected chi connectivity index (χ1v) is 3.93. The molecule has 0 bridgehead atoms. The Morgan fingerprint density at radius 1 is 1.62 bits per heavy atom. The van der Waals surface area contributed by atoms with Crippen LogP contribution in [0.3, 0.4) is 0 Å². The molecule has 0 aliphatic rings. The fraction of sp³-hybridized carbons (Fsp3) is 0.222. The zero-order chi connectivity index (χ0) is 9.84. The molecule has 70 valence electrons. The van der Waals surface area contributed by atoms with Crippen LogP contribution in [0.1, 0.15) is 15.9 Å². The Kier molecular flexibility index (Phi) is 2.87. The van der Waals surface area contributed by atoms with E-state index in [0.717, 1.165) is 0 Å². The minimum atomic E-state index is -0.194. The number of hydrogen-bond donors (Lipinski definition) is 3. The second-order valence-electron chi connectivity index (χ2n) is 2.62. The molecule has 0 aromatic heterocycles. The van der Waals surface area contributed by atoms with Gasteiger partial charge in [0.2, 0.25) is 0 Å². The molecule has 1 aromatic carbocycles. The van der Waals surface area contributed by atoms with E-state index in [2.05, 4.69) is 5.32 Å². The number of carbonyl (C=O) groups excluding carboxylic acids is 1. The topological polar surface area (TPSA) is 75.3 Å². The second kappa shape index (κ2) is 3.91. The summed E-state index contributed by atoms with van der Waals surface area (Å²) in [7, 11) is 1.55. The Balaban J connectivity index is 3.13. The molecule has 0 saturated heterocycles. The monoisotopic (exact) mass is 180 g/mol. The van der Waals surface area contributed by atoms with E-state index in [9.17, 15) is 4.79 Å². The van der Waals surface area contributed by atoms with E-state index >= 15 is 0 Å². The quantitative estimate of drug-likeness (QED) is 0.609. The third-order valence-corrected chi connectivity index (χ3v) is 1.78. The molecule has 4 nitrogen and oxygen atoms in total.